The van der Waals surface area contributed by atoms with Gasteiger partial charge < -0.3 is 15.4 Å². The third-order valence-corrected chi connectivity index (χ3v) is 5.17. The normalized spacial score (nSPS) is 14.6. The molecule has 3 aromatic rings. The predicted octanol–water partition coefficient (Wildman–Crippen LogP) is 1.96. The van der Waals surface area contributed by atoms with Gasteiger partial charge in [0.2, 0.25) is 0 Å². The molecule has 1 aromatic carbocycles. The van der Waals surface area contributed by atoms with Crippen LogP contribution in [0.2, 0.25) is 0 Å². The van der Waals surface area contributed by atoms with Crippen molar-refractivity contribution in [2.24, 2.45) is 0 Å². The number of aromatic nitrogens is 2. The van der Waals surface area contributed by atoms with E-state index in [0.29, 0.717) is 11.3 Å². The van der Waals surface area contributed by atoms with Crippen LogP contribution in [0.3, 0.4) is 0 Å². The third-order valence-electron chi connectivity index (χ3n) is 5.17. The first-order valence-corrected chi connectivity index (χ1v) is 9.30. The monoisotopic (exact) mass is 362 g/mol. The minimum Gasteiger partial charge on any atom is -0.423 e. The Labute approximate surface area is 159 Å². The van der Waals surface area contributed by atoms with Gasteiger partial charge in [-0.15, -0.1) is 0 Å². The Bertz CT molecular complexity index is 958. The first kappa shape index (κ1) is 17.9. The van der Waals surface area contributed by atoms with Crippen LogP contribution in [0.4, 0.5) is 11.5 Å². The zero-order chi connectivity index (χ0) is 18.8. The smallest absolute Gasteiger partial charge is 0.423 e. The minimum absolute atomic E-state index is 0.473. The Morgan fingerprint density at radius 1 is 1.15 bits per heavy atom. The molecule has 4 rings (SSSR count). The van der Waals surface area contributed by atoms with E-state index in [1.54, 1.807) is 18.3 Å². The maximum atomic E-state index is 9.51. The van der Waals surface area contributed by atoms with Crippen LogP contribution in [0.25, 0.3) is 10.9 Å². The van der Waals surface area contributed by atoms with E-state index in [1.807, 2.05) is 25.3 Å². The van der Waals surface area contributed by atoms with Gasteiger partial charge in [0.1, 0.15) is 5.52 Å². The van der Waals surface area contributed by atoms with E-state index >= 15 is 0 Å². The molecule has 0 aliphatic carbocycles. The molecule has 0 saturated carbocycles. The second-order valence-electron chi connectivity index (χ2n) is 7.08. The van der Waals surface area contributed by atoms with Crippen molar-refractivity contribution in [1.29, 1.82) is 0 Å². The second kappa shape index (κ2) is 7.64. The van der Waals surface area contributed by atoms with E-state index < -0.39 is 7.12 Å². The molecule has 7 heteroatoms. The SMILES string of the molecule is Cc1c(Nc2nccc3cc(CN4CCCC4)cnc23)cccc1B(O)O. The van der Waals surface area contributed by atoms with Gasteiger partial charge in [-0.3, -0.25) is 9.88 Å². The number of rotatable bonds is 5. The van der Waals surface area contributed by atoms with Gasteiger partial charge in [-0.2, -0.15) is 0 Å². The van der Waals surface area contributed by atoms with Crippen LogP contribution in [0.1, 0.15) is 24.0 Å². The fourth-order valence-corrected chi connectivity index (χ4v) is 3.68. The second-order valence-corrected chi connectivity index (χ2v) is 7.08. The van der Waals surface area contributed by atoms with Crippen LogP contribution in [-0.2, 0) is 6.54 Å². The Morgan fingerprint density at radius 3 is 2.74 bits per heavy atom. The quantitative estimate of drug-likeness (QED) is 0.602. The van der Waals surface area contributed by atoms with Crippen LogP contribution >= 0.6 is 0 Å². The number of nitrogens with one attached hydrogen (secondary N) is 1. The van der Waals surface area contributed by atoms with Crippen molar-refractivity contribution < 1.29 is 10.0 Å². The lowest BCUT2D eigenvalue weighted by atomic mass is 9.77. The number of anilines is 2. The number of hydrogen-bond acceptors (Lipinski definition) is 6. The van der Waals surface area contributed by atoms with E-state index in [0.717, 1.165) is 41.8 Å². The van der Waals surface area contributed by atoms with E-state index in [4.69, 9.17) is 0 Å². The summed E-state index contributed by atoms with van der Waals surface area (Å²) >= 11 is 0. The van der Waals surface area contributed by atoms with Gasteiger partial charge in [0.15, 0.2) is 5.82 Å². The van der Waals surface area contributed by atoms with Crippen LogP contribution in [0.15, 0.2) is 42.7 Å². The molecule has 6 nitrogen and oxygen atoms in total. The lowest BCUT2D eigenvalue weighted by molar-refractivity contribution is 0.331. The van der Waals surface area contributed by atoms with Gasteiger partial charge in [-0.25, -0.2) is 4.98 Å². The molecule has 1 fully saturated rings. The summed E-state index contributed by atoms with van der Waals surface area (Å²) in [7, 11) is -1.50. The van der Waals surface area contributed by atoms with Crippen molar-refractivity contribution in [1.82, 2.24) is 14.9 Å². The maximum absolute atomic E-state index is 9.51. The lowest BCUT2D eigenvalue weighted by Gasteiger charge is -2.16. The summed E-state index contributed by atoms with van der Waals surface area (Å²) in [6.45, 7) is 5.11. The van der Waals surface area contributed by atoms with E-state index in [9.17, 15) is 10.0 Å². The highest BCUT2D eigenvalue weighted by Crippen LogP contribution is 2.25. The largest absolute Gasteiger partial charge is 0.488 e. The minimum atomic E-state index is -1.50. The molecule has 0 spiro atoms. The van der Waals surface area contributed by atoms with Crippen LogP contribution in [0.5, 0.6) is 0 Å². The van der Waals surface area contributed by atoms with Crippen molar-refractivity contribution in [3.8, 4) is 0 Å². The van der Waals surface area contributed by atoms with Gasteiger partial charge in [0.25, 0.3) is 0 Å². The summed E-state index contributed by atoms with van der Waals surface area (Å²) in [5.74, 6) is 0.660. The molecule has 3 N–H and O–H groups in total. The summed E-state index contributed by atoms with van der Waals surface area (Å²) in [6.07, 6.45) is 6.25. The molecule has 0 radical (unpaired) electrons. The molecule has 0 bridgehead atoms. The van der Waals surface area contributed by atoms with Gasteiger partial charge >= 0.3 is 7.12 Å². The molecular weight excluding hydrogens is 339 g/mol. The Kier molecular flexibility index (Phi) is 5.07. The Hall–Kier alpha value is -2.48. The summed E-state index contributed by atoms with van der Waals surface area (Å²) in [6, 6.07) is 9.53. The van der Waals surface area contributed by atoms with Gasteiger partial charge in [0.05, 0.1) is 0 Å². The summed E-state index contributed by atoms with van der Waals surface area (Å²) in [5.41, 5.74) is 4.04. The average Bonchev–Trinajstić information content (AvgIpc) is 3.16. The van der Waals surface area contributed by atoms with Crippen LogP contribution < -0.4 is 10.8 Å². The number of likely N-dealkylation sites (tertiary alicyclic amines) is 1. The van der Waals surface area contributed by atoms with Gasteiger partial charge in [-0.05, 0) is 67.6 Å². The van der Waals surface area contributed by atoms with Crippen LogP contribution in [0, 0.1) is 6.92 Å². The number of benzene rings is 1. The lowest BCUT2D eigenvalue weighted by Crippen LogP contribution is -2.32. The average molecular weight is 362 g/mol. The van der Waals surface area contributed by atoms with Crippen molar-refractivity contribution in [3.05, 3.63) is 53.9 Å². The highest BCUT2D eigenvalue weighted by atomic mass is 16.4. The standard InChI is InChI=1S/C20H23BN4O2/c1-14-17(21(26)27)5-4-6-18(14)24-20-19-16(7-8-22-20)11-15(12-23-19)13-25-9-2-3-10-25/h4-8,11-12,26-27H,2-3,9-10,13H2,1H3,(H,22,24). The number of pyridine rings is 2. The van der Waals surface area contributed by atoms with Crippen LogP contribution in [-0.4, -0.2) is 45.1 Å². The maximum Gasteiger partial charge on any atom is 0.488 e. The van der Waals surface area contributed by atoms with Crippen molar-refractivity contribution >= 4 is 35.0 Å². The topological polar surface area (TPSA) is 81.5 Å². The molecule has 1 saturated heterocycles. The molecule has 0 unspecified atom stereocenters. The van der Waals surface area contributed by atoms with Gasteiger partial charge in [-0.1, -0.05) is 12.1 Å². The van der Waals surface area contributed by atoms with Crippen molar-refractivity contribution in [3.63, 3.8) is 0 Å². The molecule has 1 aliphatic rings. The number of nitrogens with zero attached hydrogens (tertiary/aromatic N) is 3. The van der Waals surface area contributed by atoms with Crippen molar-refractivity contribution in [2.75, 3.05) is 18.4 Å². The molecular formula is C20H23BN4O2. The highest BCUT2D eigenvalue weighted by Gasteiger charge is 2.17. The summed E-state index contributed by atoms with van der Waals surface area (Å²) in [4.78, 5) is 11.6. The van der Waals surface area contributed by atoms with E-state index in [1.165, 1.54) is 18.4 Å². The molecule has 1 aliphatic heterocycles. The molecule has 0 atom stereocenters. The molecule has 3 heterocycles. The highest BCUT2D eigenvalue weighted by molar-refractivity contribution is 6.59. The zero-order valence-electron chi connectivity index (χ0n) is 15.4. The molecule has 2 aromatic heterocycles. The van der Waals surface area contributed by atoms with E-state index in [-0.39, 0.29) is 0 Å². The first-order valence-electron chi connectivity index (χ1n) is 9.30. The predicted molar refractivity (Wildman–Crippen MR) is 108 cm³/mol. The van der Waals surface area contributed by atoms with Gasteiger partial charge in [0, 0.05) is 30.0 Å². The molecule has 0 amide bonds. The molecule has 138 valence electrons. The summed E-state index contributed by atoms with van der Waals surface area (Å²) in [5, 5.41) is 23.4. The fraction of sp³-hybridized carbons (Fsp3) is 0.300. The number of fused-ring (bicyclic) bond motifs is 1. The number of hydrogen-bond donors (Lipinski definition) is 3. The zero-order valence-corrected chi connectivity index (χ0v) is 15.4. The first-order chi connectivity index (χ1) is 13.1. The Balaban J connectivity index is 1.63. The Morgan fingerprint density at radius 2 is 1.96 bits per heavy atom. The summed E-state index contributed by atoms with van der Waals surface area (Å²) < 4.78 is 0. The molecule has 27 heavy (non-hydrogen) atoms. The van der Waals surface area contributed by atoms with E-state index in [2.05, 4.69) is 26.3 Å². The fourth-order valence-electron chi connectivity index (χ4n) is 3.68. The third kappa shape index (κ3) is 3.80. The van der Waals surface area contributed by atoms with Crippen molar-refractivity contribution in [2.45, 2.75) is 26.3 Å².